The number of rotatable bonds is 6. The molecule has 0 aromatic heterocycles. The molecule has 22 heavy (non-hydrogen) atoms. The Morgan fingerprint density at radius 2 is 1.36 bits per heavy atom. The SMILES string of the molecule is CCCCCC(N1C(=O)C=C(Br)C1=O)N1C(=O)C=C(Br)C1=O. The topological polar surface area (TPSA) is 74.8 Å². The van der Waals surface area contributed by atoms with Gasteiger partial charge < -0.3 is 0 Å². The van der Waals surface area contributed by atoms with Gasteiger partial charge in [-0.25, -0.2) is 0 Å². The van der Waals surface area contributed by atoms with Crippen molar-refractivity contribution in [1.82, 2.24) is 9.80 Å². The van der Waals surface area contributed by atoms with E-state index in [1.807, 2.05) is 6.92 Å². The van der Waals surface area contributed by atoms with Crippen molar-refractivity contribution in [3.63, 3.8) is 0 Å². The van der Waals surface area contributed by atoms with Crippen LogP contribution in [0.1, 0.15) is 32.6 Å². The third kappa shape index (κ3) is 3.08. The van der Waals surface area contributed by atoms with Gasteiger partial charge in [0.2, 0.25) is 0 Å². The summed E-state index contributed by atoms with van der Waals surface area (Å²) < 4.78 is 0.258. The normalized spacial score (nSPS) is 18.7. The molecular formula is C14H14Br2N2O4. The Labute approximate surface area is 144 Å². The van der Waals surface area contributed by atoms with Crippen LogP contribution >= 0.6 is 31.9 Å². The molecule has 0 aromatic rings. The van der Waals surface area contributed by atoms with Crippen LogP contribution in [-0.2, 0) is 19.2 Å². The zero-order valence-corrected chi connectivity index (χ0v) is 15.0. The lowest BCUT2D eigenvalue weighted by Gasteiger charge is -2.32. The average Bonchev–Trinajstić information content (AvgIpc) is 2.84. The van der Waals surface area contributed by atoms with Crippen molar-refractivity contribution in [2.24, 2.45) is 0 Å². The first-order valence-corrected chi connectivity index (χ1v) is 8.46. The molecule has 0 saturated carbocycles. The van der Waals surface area contributed by atoms with Crippen LogP contribution in [-0.4, -0.2) is 39.6 Å². The van der Waals surface area contributed by atoms with E-state index in [1.54, 1.807) is 0 Å². The Morgan fingerprint density at radius 1 is 0.909 bits per heavy atom. The van der Waals surface area contributed by atoms with Crippen molar-refractivity contribution in [1.29, 1.82) is 0 Å². The smallest absolute Gasteiger partial charge is 0.269 e. The molecule has 0 fully saturated rings. The van der Waals surface area contributed by atoms with Crippen LogP contribution in [0.3, 0.4) is 0 Å². The molecule has 0 N–H and O–H groups in total. The van der Waals surface area contributed by atoms with Crippen LogP contribution in [0.15, 0.2) is 21.1 Å². The molecule has 2 aliphatic rings. The predicted octanol–water partition coefficient (Wildman–Crippen LogP) is 2.19. The lowest BCUT2D eigenvalue weighted by Crippen LogP contribution is -2.53. The Balaban J connectivity index is 2.28. The zero-order chi connectivity index (χ0) is 16.4. The fourth-order valence-corrected chi connectivity index (χ4v) is 3.20. The van der Waals surface area contributed by atoms with E-state index in [2.05, 4.69) is 31.9 Å². The van der Waals surface area contributed by atoms with Crippen LogP contribution in [0.4, 0.5) is 0 Å². The third-order valence-corrected chi connectivity index (χ3v) is 4.62. The summed E-state index contributed by atoms with van der Waals surface area (Å²) in [4.78, 5) is 50.3. The van der Waals surface area contributed by atoms with Gasteiger partial charge in [0, 0.05) is 12.2 Å². The summed E-state index contributed by atoms with van der Waals surface area (Å²) in [5.41, 5.74) is 0. The second kappa shape index (κ2) is 6.87. The van der Waals surface area contributed by atoms with Crippen LogP contribution in [0.5, 0.6) is 0 Å². The first kappa shape index (κ1) is 17.1. The minimum absolute atomic E-state index is 0.129. The molecule has 118 valence electrons. The Kier molecular flexibility index (Phi) is 5.33. The molecular weight excluding hydrogens is 420 g/mol. The molecule has 8 heteroatoms. The summed E-state index contributed by atoms with van der Waals surface area (Å²) in [6, 6.07) is 0. The van der Waals surface area contributed by atoms with Gasteiger partial charge in [-0.3, -0.25) is 29.0 Å². The second-order valence-electron chi connectivity index (χ2n) is 4.99. The minimum Gasteiger partial charge on any atom is -0.269 e. The van der Waals surface area contributed by atoms with Crippen molar-refractivity contribution in [2.75, 3.05) is 0 Å². The molecule has 2 rings (SSSR count). The highest BCUT2D eigenvalue weighted by Crippen LogP contribution is 2.29. The van der Waals surface area contributed by atoms with Crippen LogP contribution in [0.2, 0.25) is 0 Å². The van der Waals surface area contributed by atoms with E-state index in [9.17, 15) is 19.2 Å². The molecule has 2 heterocycles. The lowest BCUT2D eigenvalue weighted by atomic mass is 10.1. The van der Waals surface area contributed by atoms with E-state index < -0.39 is 29.8 Å². The number of nitrogens with zero attached hydrogens (tertiary/aromatic N) is 2. The number of hydrogen-bond donors (Lipinski definition) is 0. The standard InChI is InChI=1S/C14H14Br2N2O4/c1-2-3-4-5-10(17-11(19)6-8(15)13(17)21)18-12(20)7-9(16)14(18)22/h6-7,10H,2-5H2,1H3. The molecule has 0 aromatic carbocycles. The van der Waals surface area contributed by atoms with Crippen molar-refractivity contribution in [2.45, 2.75) is 38.8 Å². The Morgan fingerprint density at radius 3 is 1.68 bits per heavy atom. The first-order chi connectivity index (χ1) is 10.4. The summed E-state index contributed by atoms with van der Waals surface area (Å²) in [5, 5.41) is 0. The van der Waals surface area contributed by atoms with Crippen LogP contribution in [0.25, 0.3) is 0 Å². The van der Waals surface area contributed by atoms with Crippen molar-refractivity contribution in [3.05, 3.63) is 21.1 Å². The maximum atomic E-state index is 12.2. The highest BCUT2D eigenvalue weighted by Gasteiger charge is 2.44. The van der Waals surface area contributed by atoms with Gasteiger partial charge in [0.1, 0.15) is 6.17 Å². The zero-order valence-electron chi connectivity index (χ0n) is 11.8. The van der Waals surface area contributed by atoms with Crippen LogP contribution < -0.4 is 0 Å². The van der Waals surface area contributed by atoms with Crippen molar-refractivity contribution in [3.8, 4) is 0 Å². The lowest BCUT2D eigenvalue weighted by molar-refractivity contribution is -0.152. The number of hydrogen-bond acceptors (Lipinski definition) is 4. The number of unbranched alkanes of at least 4 members (excludes halogenated alkanes) is 2. The molecule has 6 nitrogen and oxygen atoms in total. The summed E-state index contributed by atoms with van der Waals surface area (Å²) in [7, 11) is 0. The fraction of sp³-hybridized carbons (Fsp3) is 0.429. The van der Waals surface area contributed by atoms with Gasteiger partial charge in [-0.15, -0.1) is 0 Å². The fourth-order valence-electron chi connectivity index (χ4n) is 2.42. The molecule has 0 atom stereocenters. The molecule has 0 bridgehead atoms. The summed E-state index contributed by atoms with van der Waals surface area (Å²) in [6.45, 7) is 2.02. The van der Waals surface area contributed by atoms with E-state index >= 15 is 0 Å². The number of imide groups is 2. The number of amides is 4. The average molecular weight is 434 g/mol. The number of carbonyl (C=O) groups is 4. The van der Waals surface area contributed by atoms with E-state index in [-0.39, 0.29) is 8.96 Å². The molecule has 4 amide bonds. The maximum Gasteiger partial charge on any atom is 0.269 e. The molecule has 0 unspecified atom stereocenters. The van der Waals surface area contributed by atoms with E-state index in [0.717, 1.165) is 34.8 Å². The largest absolute Gasteiger partial charge is 0.269 e. The van der Waals surface area contributed by atoms with E-state index in [4.69, 9.17) is 0 Å². The summed E-state index contributed by atoms with van der Waals surface area (Å²) in [5.74, 6) is -2.12. The summed E-state index contributed by atoms with van der Waals surface area (Å²) in [6.07, 6.45) is 4.30. The van der Waals surface area contributed by atoms with Crippen LogP contribution in [0, 0.1) is 0 Å². The first-order valence-electron chi connectivity index (χ1n) is 6.88. The van der Waals surface area contributed by atoms with Gasteiger partial charge in [-0.2, -0.15) is 0 Å². The van der Waals surface area contributed by atoms with Crippen molar-refractivity contribution < 1.29 is 19.2 Å². The molecule has 0 radical (unpaired) electrons. The third-order valence-electron chi connectivity index (χ3n) is 3.48. The number of halogens is 2. The van der Waals surface area contributed by atoms with Gasteiger partial charge in [0.05, 0.1) is 8.96 Å². The van der Waals surface area contributed by atoms with Gasteiger partial charge in [-0.05, 0) is 44.7 Å². The predicted molar refractivity (Wildman–Crippen MR) is 85.7 cm³/mol. The van der Waals surface area contributed by atoms with Gasteiger partial charge >= 0.3 is 0 Å². The number of carbonyl (C=O) groups excluding carboxylic acids is 4. The highest BCUT2D eigenvalue weighted by atomic mass is 79.9. The molecule has 0 aliphatic carbocycles. The van der Waals surface area contributed by atoms with Gasteiger partial charge in [0.25, 0.3) is 23.6 Å². The Bertz CT molecular complexity index is 564. The molecule has 0 saturated heterocycles. The Hall–Kier alpha value is -1.28. The monoisotopic (exact) mass is 432 g/mol. The molecule has 2 aliphatic heterocycles. The van der Waals surface area contributed by atoms with E-state index in [0.29, 0.717) is 12.8 Å². The van der Waals surface area contributed by atoms with Gasteiger partial charge in [0.15, 0.2) is 0 Å². The highest BCUT2D eigenvalue weighted by molar-refractivity contribution is 9.12. The van der Waals surface area contributed by atoms with E-state index in [1.165, 1.54) is 0 Å². The summed E-state index contributed by atoms with van der Waals surface area (Å²) >= 11 is 6.05. The second-order valence-corrected chi connectivity index (χ2v) is 6.70. The minimum atomic E-state index is -0.899. The maximum absolute atomic E-state index is 12.2. The van der Waals surface area contributed by atoms with Crippen molar-refractivity contribution >= 4 is 55.5 Å². The van der Waals surface area contributed by atoms with Gasteiger partial charge in [-0.1, -0.05) is 19.8 Å². The molecule has 0 spiro atoms. The quantitative estimate of drug-likeness (QED) is 0.475.